The van der Waals surface area contributed by atoms with Gasteiger partial charge in [0.2, 0.25) is 17.7 Å². The van der Waals surface area contributed by atoms with Gasteiger partial charge < -0.3 is 171 Å². The van der Waals surface area contributed by atoms with E-state index in [2.05, 4.69) is 143 Å². The Labute approximate surface area is 873 Å². The Kier molecular flexibility index (Phi) is 66.8. The number of phenols is 4. The molecule has 5 rings (SSSR count). The summed E-state index contributed by atoms with van der Waals surface area (Å²) in [5.74, 6) is 0.937. The molecule has 830 valence electrons. The number of nitrogens with one attached hydrogen (secondary N) is 23. The fourth-order valence-corrected chi connectivity index (χ4v) is 14.6. The van der Waals surface area contributed by atoms with Crippen LogP contribution in [-0.2, 0) is 46.5 Å². The van der Waals surface area contributed by atoms with Crippen molar-refractivity contribution in [2.75, 3.05) is 106 Å². The monoisotopic (exact) mass is 2080 g/mol. The van der Waals surface area contributed by atoms with Gasteiger partial charge in [-0.15, -0.1) is 0 Å². The second kappa shape index (κ2) is 75.8. The predicted molar refractivity (Wildman–Crippen MR) is 578 cm³/mol. The lowest BCUT2D eigenvalue weighted by atomic mass is 10.0. The summed E-state index contributed by atoms with van der Waals surface area (Å²) in [4.78, 5) is 158. The van der Waals surface area contributed by atoms with Gasteiger partial charge in [0, 0.05) is 154 Å². The molecule has 0 aliphatic rings. The van der Waals surface area contributed by atoms with Crippen LogP contribution in [0, 0.1) is 29.6 Å². The van der Waals surface area contributed by atoms with Crippen molar-refractivity contribution in [3.8, 4) is 23.0 Å². The van der Waals surface area contributed by atoms with Gasteiger partial charge in [-0.25, -0.2) is 47.9 Å². The first-order valence-corrected chi connectivity index (χ1v) is 51.1. The molecule has 0 spiro atoms. The minimum atomic E-state index is -0.473. The molecular formula is C103H176N28O17. The Hall–Kier alpha value is -13.8. The summed E-state index contributed by atoms with van der Waals surface area (Å²) < 4.78 is 0. The van der Waals surface area contributed by atoms with Crippen molar-refractivity contribution < 1.29 is 82.8 Å². The molecule has 0 saturated heterocycles. The van der Waals surface area contributed by atoms with Gasteiger partial charge in [0.15, 0.2) is 0 Å². The maximum absolute atomic E-state index is 12.7. The molecule has 0 aliphatic heterocycles. The van der Waals surface area contributed by atoms with Gasteiger partial charge in [0.1, 0.15) is 23.0 Å². The molecule has 13 atom stereocenters. The molecule has 5 aromatic carbocycles. The summed E-state index contributed by atoms with van der Waals surface area (Å²) in [7, 11) is 3.45. The number of rotatable bonds is 60. The van der Waals surface area contributed by atoms with Crippen LogP contribution < -0.4 is 151 Å². The molecule has 45 heteroatoms. The number of hydrogen-bond acceptors (Lipinski definition) is 22. The second-order valence-electron chi connectivity index (χ2n) is 38.7. The minimum Gasteiger partial charge on any atom is -0.508 e. The van der Waals surface area contributed by atoms with Crippen LogP contribution in [0.5, 0.6) is 23.0 Å². The quantitative estimate of drug-likeness (QED) is 0.0236. The third-order valence-electron chi connectivity index (χ3n) is 23.2. The summed E-state index contributed by atoms with van der Waals surface area (Å²) in [5, 5.41) is 103. The number of primary amides is 1. The molecule has 0 bridgehead atoms. The number of likely N-dealkylation sites (N-methyl/N-ethyl adjacent to an activating group) is 1. The molecule has 0 fully saturated rings. The lowest BCUT2D eigenvalue weighted by Gasteiger charge is -2.25. The highest BCUT2D eigenvalue weighted by molar-refractivity contribution is 5.80. The van der Waals surface area contributed by atoms with Crippen LogP contribution in [0.1, 0.15) is 176 Å². The molecule has 0 saturated carbocycles. The zero-order chi connectivity index (χ0) is 110. The van der Waals surface area contributed by atoms with Crippen LogP contribution in [0.15, 0.2) is 127 Å². The summed E-state index contributed by atoms with van der Waals surface area (Å²) in [5.41, 5.74) is 33.4. The number of amides is 23. The van der Waals surface area contributed by atoms with Crippen molar-refractivity contribution >= 4 is 78.0 Å². The van der Waals surface area contributed by atoms with Crippen molar-refractivity contribution in [3.63, 3.8) is 0 Å². The summed E-state index contributed by atoms with van der Waals surface area (Å²) in [6, 6.07) is 29.6. The standard InChI is InChI=1S/C31H48N8O6.C29H52N8O5.C25H45N7O4.C18H31N5O2/c1-19(2)27(18-36-30(44)38-24(8-13-28(33)42)15-22-6-11-26(41)12-7-22)39-31(45)34-16-20(3)37-29(43)35-17-23(32)14-21-4-9-25(40)10-5-21;1-19(2)26(37-29(42)33-16-21(4)35-27(40)32-15-20(3)8-6-7-13-30)18-34-28(41)36-24(17-31-22(5)38)14-23-9-11-25(39)12-10-23;1-17(2)12-22(16-28-18(3)33)32-25(36)30-15-21(6-4-5-11-26)31-24(35)29-14-20(27)13-19-7-9-23(34)10-8-19;1-13(2)16(19-3)12-22-18(25)23-15(11-21-17(24)20-4)10-14-8-6-5-7-9-14/h4-7,9-12,19-20,23-24,27,40-41H,8,13-18,32H2,1-3H3,(H2,33,42)(H2,34,39,45)(H2,35,37,43)(H2,36,38,44);9-12,19-21,24,26,39H,6-8,13-18,30H2,1-5H3,(H,31,38)(H2,32,35,40)(H2,33,37,42)(H2,34,36,41);7-10,17,20-22,34H,4-6,11-16,26-27H2,1-3H3,(H,28,33)(H2,29,31,35)(H2,30,32,36);5-9,13,15-16,19H,10-12H2,1-4H3,(H2,20,21,24)(H2,22,23,25)/t20-,23-,24+,27+;20-,21-,24-,26+;20-,21-,22-;15-,16+/m0000/s1. The minimum absolute atomic E-state index is 0.00850. The van der Waals surface area contributed by atoms with Crippen LogP contribution in [0.3, 0.4) is 0 Å². The SMILES string of the molecule is CC(=O)NC[C@H](CC(C)C)NC(=O)NC[C@H](CCCCN)NC(=O)NC[C@@H](N)Cc1ccc(O)cc1.CC(=O)NC[C@H](Cc1ccc(O)cc1)NC(=O)NC[C@@H](NC(=O)NC[C@H](C)NC(=O)NC[C@@H](C)CCCCN)C(C)C.CC(C)[C@@H](CNC(=O)N[C@H](CCC(N)=O)Cc1ccc(O)cc1)NC(=O)NC[C@H](C)NC(=O)NC[C@@H](N)Cc1ccc(O)cc1.CNC(=O)NC[C@H](Cc1ccccc1)NC(=O)NC[C@@H](NC)C(C)C. The van der Waals surface area contributed by atoms with Gasteiger partial charge in [0.05, 0.1) is 24.2 Å². The molecule has 0 heterocycles. The van der Waals surface area contributed by atoms with Crippen LogP contribution in [0.25, 0.3) is 0 Å². The van der Waals surface area contributed by atoms with E-state index in [4.69, 9.17) is 28.7 Å². The smallest absolute Gasteiger partial charge is 0.315 e. The number of benzene rings is 5. The topological polar surface area (TPSA) is 710 Å². The fraction of sp³-hybridized carbons (Fsp3) is 0.583. The number of carbonyl (C=O) groups is 13. The largest absolute Gasteiger partial charge is 0.508 e. The number of phenolic OH excluding ortho intramolecular Hbond substituents is 4. The van der Waals surface area contributed by atoms with Gasteiger partial charge in [-0.05, 0) is 211 Å². The molecule has 5 aromatic rings. The fourth-order valence-electron chi connectivity index (χ4n) is 14.6. The van der Waals surface area contributed by atoms with Crippen LogP contribution in [0.4, 0.5) is 47.9 Å². The van der Waals surface area contributed by atoms with Gasteiger partial charge in [-0.1, -0.05) is 154 Å². The number of urea groups is 10. The Bertz CT molecular complexity index is 4610. The normalized spacial score (nSPS) is 13.5. The third kappa shape index (κ3) is 66.4. The number of hydrogen-bond donors (Lipinski definition) is 32. The van der Waals surface area contributed by atoms with E-state index in [0.717, 1.165) is 66.3 Å². The Balaban J connectivity index is 0.000000679. The first-order chi connectivity index (χ1) is 70.2. The van der Waals surface area contributed by atoms with Crippen LogP contribution in [0.2, 0.25) is 0 Å². The van der Waals surface area contributed by atoms with E-state index in [-0.39, 0.29) is 196 Å². The number of nitrogens with two attached hydrogens (primary N) is 5. The molecular weight excluding hydrogens is 1900 g/mol. The maximum atomic E-state index is 12.7. The van der Waals surface area contributed by atoms with Gasteiger partial charge in [0.25, 0.3) is 0 Å². The zero-order valence-corrected chi connectivity index (χ0v) is 89.2. The van der Waals surface area contributed by atoms with Crippen molar-refractivity contribution in [1.29, 1.82) is 0 Å². The Morgan fingerprint density at radius 2 is 0.588 bits per heavy atom. The van der Waals surface area contributed by atoms with Crippen molar-refractivity contribution in [1.82, 2.24) is 122 Å². The van der Waals surface area contributed by atoms with E-state index >= 15 is 0 Å². The molecule has 37 N–H and O–H groups in total. The molecule has 148 heavy (non-hydrogen) atoms. The molecule has 0 aliphatic carbocycles. The summed E-state index contributed by atoms with van der Waals surface area (Å²) in [6.45, 7) is 29.2. The highest BCUT2D eigenvalue weighted by atomic mass is 16.3. The lowest BCUT2D eigenvalue weighted by molar-refractivity contribution is -0.119. The molecule has 45 nitrogen and oxygen atoms in total. The van der Waals surface area contributed by atoms with Gasteiger partial charge in [-0.2, -0.15) is 0 Å². The first kappa shape index (κ1) is 130. The van der Waals surface area contributed by atoms with E-state index in [1.54, 1.807) is 118 Å². The lowest BCUT2D eigenvalue weighted by Crippen LogP contribution is -2.54. The maximum Gasteiger partial charge on any atom is 0.315 e. The van der Waals surface area contributed by atoms with Crippen molar-refractivity contribution in [3.05, 3.63) is 155 Å². The number of unbranched alkanes of at least 4 members (excludes halogenated alkanes) is 2. The second-order valence-corrected chi connectivity index (χ2v) is 38.7. The van der Waals surface area contributed by atoms with E-state index < -0.39 is 48.1 Å². The zero-order valence-electron chi connectivity index (χ0n) is 89.2. The molecule has 0 aromatic heterocycles. The highest BCUT2D eigenvalue weighted by Crippen LogP contribution is 2.18. The molecule has 23 amide bonds. The summed E-state index contributed by atoms with van der Waals surface area (Å²) >= 11 is 0. The van der Waals surface area contributed by atoms with Gasteiger partial charge >= 0.3 is 60.3 Å². The number of aromatic hydroxyl groups is 4. The van der Waals surface area contributed by atoms with Crippen LogP contribution >= 0.6 is 0 Å². The average Bonchev–Trinajstić information content (AvgIpc) is 0.953. The van der Waals surface area contributed by atoms with E-state index in [9.17, 15) is 82.8 Å². The Morgan fingerprint density at radius 3 is 0.959 bits per heavy atom. The van der Waals surface area contributed by atoms with E-state index in [1.807, 2.05) is 78.9 Å². The predicted octanol–water partition coefficient (Wildman–Crippen LogP) is 4.65. The first-order valence-electron chi connectivity index (χ1n) is 51.1. The Morgan fingerprint density at radius 1 is 0.291 bits per heavy atom. The summed E-state index contributed by atoms with van der Waals surface area (Å²) in [6.07, 6.45) is 9.06. The molecule has 0 radical (unpaired) electrons. The highest BCUT2D eigenvalue weighted by Gasteiger charge is 2.26. The van der Waals surface area contributed by atoms with Crippen molar-refractivity contribution in [2.45, 2.75) is 252 Å². The third-order valence-corrected chi connectivity index (χ3v) is 23.2. The van der Waals surface area contributed by atoms with E-state index in [1.165, 1.54) is 13.8 Å². The van der Waals surface area contributed by atoms with E-state index in [0.29, 0.717) is 102 Å². The molecule has 0 unspecified atom stereocenters. The number of carbonyl (C=O) groups excluding carboxylic acids is 13. The average molecular weight is 2080 g/mol. The van der Waals surface area contributed by atoms with Crippen molar-refractivity contribution in [2.24, 2.45) is 58.3 Å². The van der Waals surface area contributed by atoms with Crippen LogP contribution in [-0.4, -0.2) is 277 Å². The van der Waals surface area contributed by atoms with Gasteiger partial charge in [-0.3, -0.25) is 14.4 Å².